The van der Waals surface area contributed by atoms with Gasteiger partial charge >= 0.3 is 35.0 Å². The van der Waals surface area contributed by atoms with Gasteiger partial charge in [-0.1, -0.05) is 13.0 Å². The number of carboxylic acids is 1. The van der Waals surface area contributed by atoms with Crippen molar-refractivity contribution in [2.75, 3.05) is 0 Å². The van der Waals surface area contributed by atoms with Gasteiger partial charge in [0.15, 0.2) is 0 Å². The van der Waals surface area contributed by atoms with Crippen molar-refractivity contribution in [1.29, 1.82) is 0 Å². The maximum Gasteiger partial charge on any atom is 0.330 e. The van der Waals surface area contributed by atoms with Gasteiger partial charge in [0.25, 0.3) is 10.1 Å². The van der Waals surface area contributed by atoms with Gasteiger partial charge in [-0.3, -0.25) is 9.35 Å². The second kappa shape index (κ2) is 11.0. The first-order valence-electron chi connectivity index (χ1n) is 6.43. The molecule has 0 bridgehead atoms. The molecule has 0 spiro atoms. The first-order chi connectivity index (χ1) is 9.59. The molecule has 0 aliphatic carbocycles. The summed E-state index contributed by atoms with van der Waals surface area (Å²) in [6, 6.07) is 0. The summed E-state index contributed by atoms with van der Waals surface area (Å²) in [6.45, 7) is 8.14. The number of unbranched alkanes of at least 4 members (excludes halogenated alkanes) is 1. The molecule has 7 nitrogen and oxygen atoms in total. The Morgan fingerprint density at radius 1 is 1.32 bits per heavy atom. The van der Waals surface area contributed by atoms with Crippen molar-refractivity contribution in [3.63, 3.8) is 0 Å². The lowest BCUT2D eigenvalue weighted by atomic mass is 9.93. The Balaban J connectivity index is 0. The maximum atomic E-state index is 11.2. The third-order valence-corrected chi connectivity index (χ3v) is 4.22. The molecule has 0 aromatic carbocycles. The molecule has 0 aromatic heterocycles. The summed E-state index contributed by atoms with van der Waals surface area (Å²) in [7, 11) is -4.39. The molecule has 0 amide bonds. The lowest BCUT2D eigenvalue weighted by Gasteiger charge is -2.27. The molecular weight excluding hydrogens is 325 g/mol. The summed E-state index contributed by atoms with van der Waals surface area (Å²) in [4.78, 5) is 21.6. The summed E-state index contributed by atoms with van der Waals surface area (Å²) in [6.07, 6.45) is 1.13. The predicted molar refractivity (Wildman–Crippen MR) is 84.6 cm³/mol. The average molecular weight is 348 g/mol. The zero-order valence-corrected chi connectivity index (χ0v) is 12.7. The second-order valence-electron chi connectivity index (χ2n) is 4.70. The van der Waals surface area contributed by atoms with Gasteiger partial charge in [-0.15, -0.1) is 0 Å². The highest BCUT2D eigenvalue weighted by Crippen LogP contribution is 2.24. The fourth-order valence-electron chi connectivity index (χ4n) is 1.92. The maximum absolute atomic E-state index is 11.2. The third kappa shape index (κ3) is 9.39. The quantitative estimate of drug-likeness (QED) is 0.195. The van der Waals surface area contributed by atoms with Crippen LogP contribution in [0.2, 0.25) is 0 Å². The molecule has 0 saturated carbocycles. The zero-order valence-electron chi connectivity index (χ0n) is 11.9. The van der Waals surface area contributed by atoms with E-state index in [-0.39, 0.29) is 35.9 Å². The molecular formula is C13H23MgO7S. The fraction of sp³-hybridized carbons (Fsp3) is 0.615. The monoisotopic (exact) mass is 347 g/mol. The van der Waals surface area contributed by atoms with Crippen molar-refractivity contribution in [2.24, 2.45) is 5.92 Å². The minimum Gasteiger partial charge on any atom is -0.481 e. The molecule has 0 aliphatic rings. The third-order valence-electron chi connectivity index (χ3n) is 3.11. The highest BCUT2D eigenvalue weighted by atomic mass is 32.2. The van der Waals surface area contributed by atoms with Crippen LogP contribution >= 0.6 is 0 Å². The van der Waals surface area contributed by atoms with Crippen LogP contribution in [0.5, 0.6) is 0 Å². The van der Waals surface area contributed by atoms with Gasteiger partial charge in [0, 0.05) is 18.4 Å². The van der Waals surface area contributed by atoms with E-state index in [1.807, 2.05) is 0 Å². The zero-order chi connectivity index (χ0) is 16.6. The number of aliphatic carboxylic acids is 1. The van der Waals surface area contributed by atoms with Crippen molar-refractivity contribution in [1.82, 2.24) is 0 Å². The van der Waals surface area contributed by atoms with Crippen molar-refractivity contribution < 1.29 is 32.4 Å². The van der Waals surface area contributed by atoms with Crippen LogP contribution in [0, 0.1) is 12.8 Å². The number of ether oxygens (including phenoxy) is 1. The van der Waals surface area contributed by atoms with Gasteiger partial charge in [0.2, 0.25) is 0 Å². The molecule has 1 radical (unpaired) electrons. The van der Waals surface area contributed by atoms with Crippen LogP contribution in [0.15, 0.2) is 12.7 Å². The Kier molecular flexibility index (Phi) is 11.8. The summed E-state index contributed by atoms with van der Waals surface area (Å²) in [5, 5.41) is 7.18. The summed E-state index contributed by atoms with van der Waals surface area (Å²) in [5.74, 6) is -2.39. The summed E-state index contributed by atoms with van der Waals surface area (Å²) < 4.78 is 36.5. The van der Waals surface area contributed by atoms with Gasteiger partial charge in [0.05, 0.1) is 5.25 Å². The minimum atomic E-state index is -4.39. The number of carbonyl (C=O) groups is 2. The minimum absolute atomic E-state index is 0. The Hall–Kier alpha value is -0.644. The highest BCUT2D eigenvalue weighted by molar-refractivity contribution is 7.86. The lowest BCUT2D eigenvalue weighted by molar-refractivity contribution is -0.144. The molecule has 0 fully saturated rings. The standard InChI is InChI=1S/C13H21O7S.Mg.2H/c1-4-13(16)20-9(2)11(10(3)21(17,18)19)7-5-6-8-12(14)15;;;/h4,9-11H,1,3,5-8H2,2H3,(H,14,15)(H,17,18,19);;;. The van der Waals surface area contributed by atoms with E-state index in [1.165, 1.54) is 6.92 Å². The molecule has 2 N–H and O–H groups in total. The summed E-state index contributed by atoms with van der Waals surface area (Å²) >= 11 is 0. The van der Waals surface area contributed by atoms with E-state index in [0.717, 1.165) is 6.08 Å². The van der Waals surface area contributed by atoms with Gasteiger partial charge in [-0.25, -0.2) is 4.79 Å². The van der Waals surface area contributed by atoms with E-state index < -0.39 is 39.3 Å². The van der Waals surface area contributed by atoms with Crippen molar-refractivity contribution in [3.8, 4) is 0 Å². The molecule has 0 saturated heterocycles. The number of rotatable bonds is 10. The Morgan fingerprint density at radius 3 is 2.27 bits per heavy atom. The number of carboxylic acid groups (broad SMARTS) is 1. The van der Waals surface area contributed by atoms with E-state index in [0.29, 0.717) is 12.8 Å². The largest absolute Gasteiger partial charge is 0.481 e. The molecule has 3 unspecified atom stereocenters. The second-order valence-corrected chi connectivity index (χ2v) is 6.34. The van der Waals surface area contributed by atoms with Crippen LogP contribution in [0.3, 0.4) is 0 Å². The van der Waals surface area contributed by atoms with E-state index in [9.17, 15) is 18.0 Å². The molecule has 9 heteroatoms. The Morgan fingerprint density at radius 2 is 1.86 bits per heavy atom. The van der Waals surface area contributed by atoms with Crippen molar-refractivity contribution >= 4 is 45.1 Å². The van der Waals surface area contributed by atoms with Crippen LogP contribution < -0.4 is 0 Å². The predicted octanol–water partition coefficient (Wildman–Crippen LogP) is 0.540. The van der Waals surface area contributed by atoms with E-state index in [1.54, 1.807) is 0 Å². The van der Waals surface area contributed by atoms with Crippen LogP contribution in [-0.4, -0.2) is 64.4 Å². The van der Waals surface area contributed by atoms with E-state index in [4.69, 9.17) is 14.4 Å². The topological polar surface area (TPSA) is 118 Å². The van der Waals surface area contributed by atoms with Crippen LogP contribution in [0.1, 0.15) is 32.6 Å². The van der Waals surface area contributed by atoms with Gasteiger partial charge < -0.3 is 9.84 Å². The lowest BCUT2D eigenvalue weighted by Crippen LogP contribution is -2.36. The van der Waals surface area contributed by atoms with Crippen LogP contribution in [0.4, 0.5) is 0 Å². The summed E-state index contributed by atoms with van der Waals surface area (Å²) in [5.41, 5.74) is 0. The first-order valence-corrected chi connectivity index (χ1v) is 7.94. The molecule has 22 heavy (non-hydrogen) atoms. The van der Waals surface area contributed by atoms with Gasteiger partial charge in [-0.05, 0) is 26.7 Å². The number of esters is 1. The normalized spacial score (nSPS) is 15.0. The average Bonchev–Trinajstić information content (AvgIpc) is 2.36. The van der Waals surface area contributed by atoms with Crippen LogP contribution in [0.25, 0.3) is 0 Å². The van der Waals surface area contributed by atoms with Crippen molar-refractivity contribution in [3.05, 3.63) is 19.6 Å². The number of carbonyl (C=O) groups excluding carboxylic acids is 1. The van der Waals surface area contributed by atoms with E-state index in [2.05, 4.69) is 13.5 Å². The van der Waals surface area contributed by atoms with Crippen molar-refractivity contribution in [2.45, 2.75) is 44.0 Å². The molecule has 3 atom stereocenters. The molecule has 0 heterocycles. The highest BCUT2D eigenvalue weighted by Gasteiger charge is 2.33. The molecule has 0 rings (SSSR count). The first kappa shape index (κ1) is 23.6. The van der Waals surface area contributed by atoms with Crippen LogP contribution in [-0.2, 0) is 24.4 Å². The molecule has 125 valence electrons. The number of hydrogen-bond acceptors (Lipinski definition) is 5. The Bertz CT molecular complexity index is 475. The van der Waals surface area contributed by atoms with Gasteiger partial charge in [-0.2, -0.15) is 8.42 Å². The fourth-order valence-corrected chi connectivity index (χ4v) is 2.72. The number of hydrogen-bond donors (Lipinski definition) is 2. The van der Waals surface area contributed by atoms with Gasteiger partial charge in [0.1, 0.15) is 6.10 Å². The molecule has 0 aliphatic heterocycles. The smallest absolute Gasteiger partial charge is 0.330 e. The SMILES string of the molecule is [CH2]C(C(CCCCC(=O)O)C(C)OC(=O)C=C)S(=O)(=O)O.[MgH2]. The molecule has 0 aromatic rings. The van der Waals surface area contributed by atoms with E-state index >= 15 is 0 Å². The Labute approximate surface area is 147 Å².